The molecule has 0 fully saturated rings. The Morgan fingerprint density at radius 1 is 0.917 bits per heavy atom. The third kappa shape index (κ3) is 2.54. The number of hydrogen-bond acceptors (Lipinski definition) is 2. The summed E-state index contributed by atoms with van der Waals surface area (Å²) >= 11 is 0. The minimum Gasteiger partial charge on any atom is -0.361 e. The van der Waals surface area contributed by atoms with E-state index in [2.05, 4.69) is 15.5 Å². The zero-order valence-electron chi connectivity index (χ0n) is 12.9. The van der Waals surface area contributed by atoms with Crippen LogP contribution in [0.2, 0.25) is 0 Å². The van der Waals surface area contributed by atoms with E-state index in [0.29, 0.717) is 5.56 Å². The third-order valence-corrected chi connectivity index (χ3v) is 4.03. The van der Waals surface area contributed by atoms with Crippen molar-refractivity contribution in [3.8, 4) is 0 Å². The van der Waals surface area contributed by atoms with Gasteiger partial charge in [-0.1, -0.05) is 54.6 Å². The normalized spacial score (nSPS) is 11.3. The van der Waals surface area contributed by atoms with Gasteiger partial charge in [0.05, 0.1) is 6.21 Å². The zero-order valence-corrected chi connectivity index (χ0v) is 12.9. The standard InChI is InChI=1S/C20H15N3O/c24-20(18-10-5-7-14-6-1-2-8-16(14)18)23-22-13-15-12-21-19-11-4-3-9-17(15)19/h1-13,21H,(H,23,24)/b22-13+. The van der Waals surface area contributed by atoms with Crippen molar-refractivity contribution in [2.45, 2.75) is 0 Å². The summed E-state index contributed by atoms with van der Waals surface area (Å²) in [5.74, 6) is -0.220. The topological polar surface area (TPSA) is 57.2 Å². The van der Waals surface area contributed by atoms with Crippen LogP contribution in [0.4, 0.5) is 0 Å². The number of para-hydroxylation sites is 1. The average Bonchev–Trinajstić information content (AvgIpc) is 3.04. The highest BCUT2D eigenvalue weighted by atomic mass is 16.2. The molecule has 1 aromatic heterocycles. The van der Waals surface area contributed by atoms with E-state index in [9.17, 15) is 4.79 Å². The van der Waals surface area contributed by atoms with Crippen molar-refractivity contribution in [1.29, 1.82) is 0 Å². The fraction of sp³-hybridized carbons (Fsp3) is 0. The second-order valence-electron chi connectivity index (χ2n) is 5.52. The lowest BCUT2D eigenvalue weighted by molar-refractivity contribution is 0.0957. The molecule has 24 heavy (non-hydrogen) atoms. The summed E-state index contributed by atoms with van der Waals surface area (Å²) in [5.41, 5.74) is 5.20. The lowest BCUT2D eigenvalue weighted by Gasteiger charge is -2.04. The zero-order chi connectivity index (χ0) is 16.4. The third-order valence-electron chi connectivity index (χ3n) is 4.03. The molecule has 1 heterocycles. The van der Waals surface area contributed by atoms with E-state index in [-0.39, 0.29) is 5.91 Å². The Labute approximate surface area is 138 Å². The molecule has 0 aliphatic heterocycles. The minimum absolute atomic E-state index is 0.220. The van der Waals surface area contributed by atoms with E-state index in [1.165, 1.54) is 0 Å². The molecule has 0 atom stereocenters. The number of aromatic amines is 1. The Kier molecular flexibility index (Phi) is 3.56. The maximum atomic E-state index is 12.4. The summed E-state index contributed by atoms with van der Waals surface area (Å²) in [4.78, 5) is 15.6. The lowest BCUT2D eigenvalue weighted by atomic mass is 10.0. The summed E-state index contributed by atoms with van der Waals surface area (Å²) < 4.78 is 0. The fourth-order valence-corrected chi connectivity index (χ4v) is 2.84. The molecule has 0 bridgehead atoms. The predicted molar refractivity (Wildman–Crippen MR) is 97.3 cm³/mol. The van der Waals surface area contributed by atoms with Crippen LogP contribution in [0.3, 0.4) is 0 Å². The summed E-state index contributed by atoms with van der Waals surface area (Å²) in [6.45, 7) is 0. The van der Waals surface area contributed by atoms with Crippen molar-refractivity contribution < 1.29 is 4.79 Å². The highest BCUT2D eigenvalue weighted by molar-refractivity contribution is 6.07. The summed E-state index contributed by atoms with van der Waals surface area (Å²) in [6.07, 6.45) is 3.53. The van der Waals surface area contributed by atoms with Gasteiger partial charge in [-0.2, -0.15) is 5.10 Å². The molecular formula is C20H15N3O. The van der Waals surface area contributed by atoms with Gasteiger partial charge in [-0.25, -0.2) is 5.43 Å². The molecular weight excluding hydrogens is 298 g/mol. The monoisotopic (exact) mass is 313 g/mol. The van der Waals surface area contributed by atoms with Gasteiger partial charge in [0.1, 0.15) is 0 Å². The SMILES string of the molecule is O=C(N/N=C/c1c[nH]c2ccccc12)c1cccc2ccccc12. The van der Waals surface area contributed by atoms with Crippen LogP contribution in [0.5, 0.6) is 0 Å². The second kappa shape index (κ2) is 6.01. The van der Waals surface area contributed by atoms with Crippen LogP contribution in [0.1, 0.15) is 15.9 Å². The Morgan fingerprint density at radius 2 is 1.67 bits per heavy atom. The van der Waals surface area contributed by atoms with Crippen molar-refractivity contribution in [2.75, 3.05) is 0 Å². The molecule has 3 aromatic carbocycles. The van der Waals surface area contributed by atoms with Crippen LogP contribution in [-0.2, 0) is 0 Å². The fourth-order valence-electron chi connectivity index (χ4n) is 2.84. The predicted octanol–water partition coefficient (Wildman–Crippen LogP) is 4.09. The number of aromatic nitrogens is 1. The number of rotatable bonds is 3. The van der Waals surface area contributed by atoms with Gasteiger partial charge in [0.15, 0.2) is 0 Å². The van der Waals surface area contributed by atoms with Gasteiger partial charge in [0.25, 0.3) is 5.91 Å². The molecule has 0 unspecified atom stereocenters. The number of benzene rings is 3. The quantitative estimate of drug-likeness (QED) is 0.434. The average molecular weight is 313 g/mol. The van der Waals surface area contributed by atoms with Crippen LogP contribution >= 0.6 is 0 Å². The van der Waals surface area contributed by atoms with Crippen LogP contribution in [0.15, 0.2) is 78.0 Å². The van der Waals surface area contributed by atoms with Crippen LogP contribution < -0.4 is 5.43 Å². The van der Waals surface area contributed by atoms with Gasteiger partial charge in [-0.05, 0) is 22.9 Å². The molecule has 0 aliphatic rings. The molecule has 0 spiro atoms. The smallest absolute Gasteiger partial charge is 0.271 e. The Balaban J connectivity index is 1.58. The molecule has 2 N–H and O–H groups in total. The first-order valence-corrected chi connectivity index (χ1v) is 7.70. The van der Waals surface area contributed by atoms with Crippen LogP contribution in [-0.4, -0.2) is 17.1 Å². The molecule has 0 saturated heterocycles. The minimum atomic E-state index is -0.220. The summed E-state index contributed by atoms with van der Waals surface area (Å²) in [7, 11) is 0. The number of amides is 1. The number of carbonyl (C=O) groups is 1. The maximum absolute atomic E-state index is 12.4. The highest BCUT2D eigenvalue weighted by Crippen LogP contribution is 2.18. The number of H-pyrrole nitrogens is 1. The first-order chi connectivity index (χ1) is 11.8. The second-order valence-corrected chi connectivity index (χ2v) is 5.52. The summed E-state index contributed by atoms with van der Waals surface area (Å²) in [5, 5.41) is 7.12. The molecule has 0 aliphatic carbocycles. The Morgan fingerprint density at radius 3 is 2.58 bits per heavy atom. The molecule has 4 aromatic rings. The van der Waals surface area contributed by atoms with E-state index >= 15 is 0 Å². The van der Waals surface area contributed by atoms with E-state index in [4.69, 9.17) is 0 Å². The van der Waals surface area contributed by atoms with E-state index < -0.39 is 0 Å². The van der Waals surface area contributed by atoms with E-state index in [1.807, 2.05) is 66.9 Å². The van der Waals surface area contributed by atoms with Crippen molar-refractivity contribution in [3.63, 3.8) is 0 Å². The van der Waals surface area contributed by atoms with E-state index in [1.54, 1.807) is 12.3 Å². The number of nitrogens with one attached hydrogen (secondary N) is 2. The molecule has 0 saturated carbocycles. The first-order valence-electron chi connectivity index (χ1n) is 7.70. The first kappa shape index (κ1) is 14.2. The Hall–Kier alpha value is -3.40. The number of fused-ring (bicyclic) bond motifs is 2. The van der Waals surface area contributed by atoms with Crippen molar-refractivity contribution >= 4 is 33.8 Å². The summed E-state index contributed by atoms with van der Waals surface area (Å²) in [6, 6.07) is 21.4. The number of hydrogen-bond donors (Lipinski definition) is 2. The molecule has 4 heteroatoms. The van der Waals surface area contributed by atoms with Gasteiger partial charge in [-0.3, -0.25) is 4.79 Å². The molecule has 1 amide bonds. The van der Waals surface area contributed by atoms with Gasteiger partial charge in [-0.15, -0.1) is 0 Å². The van der Waals surface area contributed by atoms with Gasteiger partial charge < -0.3 is 4.98 Å². The van der Waals surface area contributed by atoms with Gasteiger partial charge in [0, 0.05) is 28.2 Å². The van der Waals surface area contributed by atoms with Crippen molar-refractivity contribution in [3.05, 3.63) is 84.1 Å². The number of nitrogens with zero attached hydrogens (tertiary/aromatic N) is 1. The van der Waals surface area contributed by atoms with E-state index in [0.717, 1.165) is 27.2 Å². The molecule has 4 rings (SSSR count). The van der Waals surface area contributed by atoms with Crippen LogP contribution in [0.25, 0.3) is 21.7 Å². The number of carbonyl (C=O) groups excluding carboxylic acids is 1. The largest absolute Gasteiger partial charge is 0.361 e. The maximum Gasteiger partial charge on any atom is 0.271 e. The molecule has 116 valence electrons. The van der Waals surface area contributed by atoms with Crippen LogP contribution in [0, 0.1) is 0 Å². The molecule has 0 radical (unpaired) electrons. The lowest BCUT2D eigenvalue weighted by Crippen LogP contribution is -2.17. The molecule has 4 nitrogen and oxygen atoms in total. The van der Waals surface area contributed by atoms with Gasteiger partial charge >= 0.3 is 0 Å². The van der Waals surface area contributed by atoms with Gasteiger partial charge in [0.2, 0.25) is 0 Å². The van der Waals surface area contributed by atoms with Crippen molar-refractivity contribution in [2.24, 2.45) is 5.10 Å². The Bertz CT molecular complexity index is 1060. The highest BCUT2D eigenvalue weighted by Gasteiger charge is 2.08. The van der Waals surface area contributed by atoms with Crippen molar-refractivity contribution in [1.82, 2.24) is 10.4 Å². The number of hydrazone groups is 1.